The summed E-state index contributed by atoms with van der Waals surface area (Å²) in [4.78, 5) is 0. The van der Waals surface area contributed by atoms with E-state index in [9.17, 15) is 0 Å². The van der Waals surface area contributed by atoms with Crippen molar-refractivity contribution in [2.45, 2.75) is 13.0 Å². The van der Waals surface area contributed by atoms with Crippen LogP contribution >= 0.6 is 11.1 Å². The van der Waals surface area contributed by atoms with E-state index in [0.29, 0.717) is 0 Å². The molecule has 0 N–H and O–H groups in total. The fourth-order valence-corrected chi connectivity index (χ4v) is 6.53. The fourth-order valence-electron chi connectivity index (χ4n) is 2.82. The minimum absolute atomic E-state index is 0.993. The van der Waals surface area contributed by atoms with E-state index in [2.05, 4.69) is 73.7 Å². The zero-order valence-electron chi connectivity index (χ0n) is 11.5. The van der Waals surface area contributed by atoms with Crippen molar-refractivity contribution in [2.75, 3.05) is 0 Å². The van der Waals surface area contributed by atoms with Gasteiger partial charge in [-0.15, -0.1) is 0 Å². The maximum atomic E-state index is 7.19. The van der Waals surface area contributed by atoms with E-state index in [4.69, 9.17) is 11.1 Å². The van der Waals surface area contributed by atoms with Gasteiger partial charge in [0, 0.05) is 0 Å². The first-order valence-electron chi connectivity index (χ1n) is 6.98. The van der Waals surface area contributed by atoms with Crippen molar-refractivity contribution >= 4 is 39.6 Å². The number of hydrogen-bond donors (Lipinski definition) is 0. The molecule has 2 heteroatoms. The summed E-state index contributed by atoms with van der Waals surface area (Å²) in [7, 11) is -2.17. The monoisotopic (exact) mass is 296 g/mol. The van der Waals surface area contributed by atoms with Crippen LogP contribution in [0, 0.1) is 0 Å². The Kier molecular flexibility index (Phi) is 3.64. The largest absolute Gasteiger partial charge is 0.217 e. The van der Waals surface area contributed by atoms with Gasteiger partial charge in [0.05, 0.1) is 0 Å². The second-order valence-electron chi connectivity index (χ2n) is 5.05. The Morgan fingerprint density at radius 2 is 1.45 bits per heavy atom. The molecule has 0 fully saturated rings. The predicted molar refractivity (Wildman–Crippen MR) is 91.7 cm³/mol. The van der Waals surface area contributed by atoms with E-state index in [-0.39, 0.29) is 0 Å². The van der Waals surface area contributed by atoms with Gasteiger partial charge in [-0.2, -0.15) is 11.1 Å². The molecule has 3 rings (SSSR count). The maximum absolute atomic E-state index is 7.19. The van der Waals surface area contributed by atoms with Crippen LogP contribution in [0.4, 0.5) is 0 Å². The van der Waals surface area contributed by atoms with Gasteiger partial charge >= 0.3 is 0 Å². The number of benzene rings is 3. The molecule has 0 nitrogen and oxygen atoms in total. The number of rotatable bonds is 3. The molecule has 3 aromatic carbocycles. The van der Waals surface area contributed by atoms with Crippen molar-refractivity contribution in [2.24, 2.45) is 0 Å². The molecule has 0 spiro atoms. The number of hydrogen-bond acceptors (Lipinski definition) is 0. The average molecular weight is 297 g/mol. The van der Waals surface area contributed by atoms with Crippen molar-refractivity contribution in [3.63, 3.8) is 0 Å². The second kappa shape index (κ2) is 5.43. The first-order chi connectivity index (χ1) is 9.75. The van der Waals surface area contributed by atoms with Gasteiger partial charge in [0.25, 0.3) is 0 Å². The summed E-state index contributed by atoms with van der Waals surface area (Å²) >= 11 is 7.19. The predicted octanol–water partition coefficient (Wildman–Crippen LogP) is 4.16. The van der Waals surface area contributed by atoms with Crippen molar-refractivity contribution in [3.05, 3.63) is 72.8 Å². The van der Waals surface area contributed by atoms with Crippen LogP contribution in [0.5, 0.6) is 0 Å². The molecular weight excluding hydrogens is 280 g/mol. The molecule has 0 aromatic heterocycles. The van der Waals surface area contributed by atoms with Crippen LogP contribution in [0.1, 0.15) is 6.92 Å². The van der Waals surface area contributed by atoms with Crippen LogP contribution in [0.15, 0.2) is 72.8 Å². The molecule has 0 aliphatic heterocycles. The Hall–Kier alpha value is -1.57. The zero-order chi connectivity index (χ0) is 14.0. The molecule has 3 aromatic rings. The van der Waals surface area contributed by atoms with Gasteiger partial charge in [-0.1, -0.05) is 79.7 Å². The summed E-state index contributed by atoms with van der Waals surface area (Å²) < 4.78 is 0. The molecule has 100 valence electrons. The third-order valence-corrected chi connectivity index (χ3v) is 9.52. The van der Waals surface area contributed by atoms with E-state index in [1.54, 1.807) is 0 Å². The van der Waals surface area contributed by atoms with Crippen LogP contribution in [0.2, 0.25) is 6.04 Å². The summed E-state index contributed by atoms with van der Waals surface area (Å²) in [6.45, 7) is 2.20. The summed E-state index contributed by atoms with van der Waals surface area (Å²) in [5, 5.41) is 5.18. The summed E-state index contributed by atoms with van der Waals surface area (Å²) in [5.41, 5.74) is 0. The van der Waals surface area contributed by atoms with Crippen molar-refractivity contribution in [1.29, 1.82) is 0 Å². The molecule has 0 bridgehead atoms. The molecule has 0 amide bonds. The summed E-state index contributed by atoms with van der Waals surface area (Å²) in [5.74, 6) is 0. The molecule has 20 heavy (non-hydrogen) atoms. The van der Waals surface area contributed by atoms with Gasteiger partial charge in [-0.3, -0.25) is 0 Å². The van der Waals surface area contributed by atoms with Gasteiger partial charge in [0.2, 0.25) is 7.38 Å². The van der Waals surface area contributed by atoms with Crippen LogP contribution in [-0.2, 0) is 0 Å². The van der Waals surface area contributed by atoms with Crippen molar-refractivity contribution in [3.8, 4) is 0 Å². The Bertz CT molecular complexity index is 718. The average Bonchev–Trinajstić information content (AvgIpc) is 2.54. The third-order valence-electron chi connectivity index (χ3n) is 3.94. The SMILES string of the molecule is CC[Si](Cl)(c1ccccc1)c1cccc2ccccc12. The lowest BCUT2D eigenvalue weighted by atomic mass is 10.1. The van der Waals surface area contributed by atoms with Gasteiger partial charge in [-0.25, -0.2) is 0 Å². The lowest BCUT2D eigenvalue weighted by Gasteiger charge is -2.25. The highest BCUT2D eigenvalue weighted by Gasteiger charge is 2.34. The molecule has 0 heterocycles. The van der Waals surface area contributed by atoms with Gasteiger partial charge in [0.15, 0.2) is 0 Å². The smallest absolute Gasteiger partial charge is 0.155 e. The Labute approximate surface area is 125 Å². The van der Waals surface area contributed by atoms with Crippen LogP contribution in [0.3, 0.4) is 0 Å². The van der Waals surface area contributed by atoms with E-state index in [0.717, 1.165) is 6.04 Å². The first kappa shape index (κ1) is 13.4. The van der Waals surface area contributed by atoms with Crippen LogP contribution < -0.4 is 10.4 Å². The maximum Gasteiger partial charge on any atom is 0.217 e. The molecule has 0 saturated carbocycles. The number of halogens is 1. The summed E-state index contributed by atoms with van der Waals surface area (Å²) in [6, 6.07) is 26.6. The minimum Gasteiger partial charge on any atom is -0.155 e. The highest BCUT2D eigenvalue weighted by Crippen LogP contribution is 2.21. The van der Waals surface area contributed by atoms with Crippen molar-refractivity contribution in [1.82, 2.24) is 0 Å². The molecule has 1 atom stereocenters. The molecule has 0 aliphatic rings. The lowest BCUT2D eigenvalue weighted by Crippen LogP contribution is -2.53. The standard InChI is InChI=1S/C18H17ClSi/c1-2-20(19,16-11-4-3-5-12-16)18-14-8-10-15-9-6-7-13-17(15)18/h3-14H,2H2,1H3. The quantitative estimate of drug-likeness (QED) is 0.503. The Morgan fingerprint density at radius 1 is 0.800 bits per heavy atom. The summed E-state index contributed by atoms with van der Waals surface area (Å²) in [6.07, 6.45) is 0. The van der Waals surface area contributed by atoms with E-state index in [1.807, 2.05) is 6.07 Å². The van der Waals surface area contributed by atoms with Gasteiger partial charge < -0.3 is 0 Å². The fraction of sp³-hybridized carbons (Fsp3) is 0.111. The van der Waals surface area contributed by atoms with E-state index in [1.165, 1.54) is 21.1 Å². The number of fused-ring (bicyclic) bond motifs is 1. The Morgan fingerprint density at radius 3 is 2.20 bits per heavy atom. The zero-order valence-corrected chi connectivity index (χ0v) is 13.3. The van der Waals surface area contributed by atoms with E-state index < -0.39 is 7.38 Å². The topological polar surface area (TPSA) is 0 Å². The highest BCUT2D eigenvalue weighted by atomic mass is 35.6. The molecule has 0 aliphatic carbocycles. The van der Waals surface area contributed by atoms with Crippen LogP contribution in [0.25, 0.3) is 10.8 Å². The van der Waals surface area contributed by atoms with Crippen LogP contribution in [-0.4, -0.2) is 7.38 Å². The molecular formula is C18H17ClSi. The Balaban J connectivity index is 2.27. The van der Waals surface area contributed by atoms with Gasteiger partial charge in [-0.05, 0) is 27.2 Å². The first-order valence-corrected chi connectivity index (χ1v) is 10.2. The van der Waals surface area contributed by atoms with E-state index >= 15 is 0 Å². The normalized spacial score (nSPS) is 14.1. The third kappa shape index (κ3) is 2.17. The minimum atomic E-state index is -2.17. The molecule has 0 radical (unpaired) electrons. The highest BCUT2D eigenvalue weighted by molar-refractivity contribution is 7.34. The molecule has 0 saturated heterocycles. The van der Waals surface area contributed by atoms with Gasteiger partial charge in [0.1, 0.15) is 0 Å². The lowest BCUT2D eigenvalue weighted by molar-refractivity contribution is 1.43. The molecule has 1 unspecified atom stereocenters. The second-order valence-corrected chi connectivity index (χ2v) is 10.4. The van der Waals surface area contributed by atoms with Crippen molar-refractivity contribution < 1.29 is 0 Å².